The SMILES string of the molecule is CN(C)CCOc1cc(F)cc(-c2nccc3[nH]c(-c4n[nH]c5ccc(-c6cnn(C)c6)nc45)cc23)c1. The zero-order chi connectivity index (χ0) is 25.5. The van der Waals surface area contributed by atoms with E-state index in [4.69, 9.17) is 9.72 Å². The maximum atomic E-state index is 14.5. The van der Waals surface area contributed by atoms with Gasteiger partial charge in [0, 0.05) is 54.1 Å². The molecule has 0 radical (unpaired) electrons. The number of nitrogens with one attached hydrogen (secondary N) is 2. The van der Waals surface area contributed by atoms with Gasteiger partial charge in [-0.3, -0.25) is 14.8 Å². The number of benzene rings is 1. The molecule has 5 heterocycles. The van der Waals surface area contributed by atoms with Crippen LogP contribution in [0.1, 0.15) is 0 Å². The summed E-state index contributed by atoms with van der Waals surface area (Å²) in [6.07, 6.45) is 5.41. The normalized spacial score (nSPS) is 11.7. The van der Waals surface area contributed by atoms with Gasteiger partial charge in [-0.25, -0.2) is 9.37 Å². The molecule has 37 heavy (non-hydrogen) atoms. The lowest BCUT2D eigenvalue weighted by Crippen LogP contribution is -2.19. The fraction of sp³-hybridized carbons (Fsp3) is 0.185. The van der Waals surface area contributed by atoms with Crippen LogP contribution < -0.4 is 4.74 Å². The van der Waals surface area contributed by atoms with Crippen molar-refractivity contribution in [3.8, 4) is 39.7 Å². The Labute approximate surface area is 211 Å². The molecule has 0 aliphatic rings. The number of nitrogens with zero attached hydrogens (tertiary/aromatic N) is 6. The number of rotatable bonds is 7. The molecule has 0 saturated heterocycles. The molecular weight excluding hydrogens is 471 g/mol. The molecule has 0 saturated carbocycles. The second-order valence-electron chi connectivity index (χ2n) is 9.20. The van der Waals surface area contributed by atoms with E-state index in [0.29, 0.717) is 29.3 Å². The average Bonchev–Trinajstić information content (AvgIpc) is 3.60. The molecule has 0 aliphatic carbocycles. The first-order valence-corrected chi connectivity index (χ1v) is 11.9. The number of H-pyrrole nitrogens is 2. The predicted octanol–water partition coefficient (Wildman–Crippen LogP) is 4.65. The number of aromatic nitrogens is 7. The molecule has 2 N–H and O–H groups in total. The molecule has 0 bridgehead atoms. The van der Waals surface area contributed by atoms with Gasteiger partial charge in [0.1, 0.15) is 29.4 Å². The first-order chi connectivity index (χ1) is 17.9. The number of aryl methyl sites for hydroxylation is 1. The highest BCUT2D eigenvalue weighted by Gasteiger charge is 2.17. The van der Waals surface area contributed by atoms with E-state index in [1.54, 1.807) is 17.1 Å². The lowest BCUT2D eigenvalue weighted by atomic mass is 10.1. The molecule has 1 aromatic carbocycles. The van der Waals surface area contributed by atoms with Crippen molar-refractivity contribution < 1.29 is 9.13 Å². The highest BCUT2D eigenvalue weighted by molar-refractivity contribution is 5.99. The van der Waals surface area contributed by atoms with E-state index in [2.05, 4.69) is 25.3 Å². The van der Waals surface area contributed by atoms with Crippen molar-refractivity contribution >= 4 is 21.9 Å². The van der Waals surface area contributed by atoms with Gasteiger partial charge in [-0.05, 0) is 50.5 Å². The molecule has 6 rings (SSSR count). The molecule has 9 nitrogen and oxygen atoms in total. The minimum Gasteiger partial charge on any atom is -0.492 e. The van der Waals surface area contributed by atoms with E-state index >= 15 is 0 Å². The van der Waals surface area contributed by atoms with E-state index in [1.807, 2.05) is 62.6 Å². The summed E-state index contributed by atoms with van der Waals surface area (Å²) in [6, 6.07) is 12.4. The van der Waals surface area contributed by atoms with Gasteiger partial charge in [0.05, 0.1) is 28.8 Å². The van der Waals surface area contributed by atoms with Crippen LogP contribution in [0.3, 0.4) is 0 Å². The molecule has 5 aromatic heterocycles. The van der Waals surface area contributed by atoms with Gasteiger partial charge in [0.15, 0.2) is 0 Å². The molecule has 0 fully saturated rings. The van der Waals surface area contributed by atoms with Crippen LogP contribution in [-0.4, -0.2) is 67.1 Å². The highest BCUT2D eigenvalue weighted by atomic mass is 19.1. The summed E-state index contributed by atoms with van der Waals surface area (Å²) in [5.74, 6) is 0.0918. The Hall–Kier alpha value is -4.57. The predicted molar refractivity (Wildman–Crippen MR) is 141 cm³/mol. The number of hydrogen-bond acceptors (Lipinski definition) is 6. The van der Waals surface area contributed by atoms with E-state index in [-0.39, 0.29) is 5.82 Å². The quantitative estimate of drug-likeness (QED) is 0.334. The Balaban J connectivity index is 1.40. The highest BCUT2D eigenvalue weighted by Crippen LogP contribution is 2.34. The molecule has 0 unspecified atom stereocenters. The Bertz CT molecular complexity index is 1730. The van der Waals surface area contributed by atoms with Crippen LogP contribution in [0.4, 0.5) is 4.39 Å². The minimum atomic E-state index is -0.377. The molecule has 186 valence electrons. The Morgan fingerprint density at radius 1 is 1.03 bits per heavy atom. The zero-order valence-corrected chi connectivity index (χ0v) is 20.7. The Morgan fingerprint density at radius 2 is 1.92 bits per heavy atom. The van der Waals surface area contributed by atoms with Crippen LogP contribution in [0.5, 0.6) is 5.75 Å². The summed E-state index contributed by atoms with van der Waals surface area (Å²) in [6.45, 7) is 1.19. The van der Waals surface area contributed by atoms with Crippen LogP contribution in [0.2, 0.25) is 0 Å². The maximum absolute atomic E-state index is 14.5. The lowest BCUT2D eigenvalue weighted by Gasteiger charge is -2.12. The Kier molecular flexibility index (Phi) is 5.65. The zero-order valence-electron chi connectivity index (χ0n) is 20.7. The molecule has 0 aliphatic heterocycles. The van der Waals surface area contributed by atoms with Gasteiger partial charge in [0.2, 0.25) is 0 Å². The van der Waals surface area contributed by atoms with Crippen molar-refractivity contribution in [1.82, 2.24) is 39.8 Å². The number of ether oxygens (including phenoxy) is 1. The summed E-state index contributed by atoms with van der Waals surface area (Å²) in [7, 11) is 5.80. The largest absolute Gasteiger partial charge is 0.492 e. The Morgan fingerprint density at radius 3 is 2.73 bits per heavy atom. The summed E-state index contributed by atoms with van der Waals surface area (Å²) >= 11 is 0. The first kappa shape index (κ1) is 22.9. The third kappa shape index (κ3) is 4.43. The average molecular weight is 497 g/mol. The molecule has 6 aromatic rings. The van der Waals surface area contributed by atoms with Crippen LogP contribution in [0, 0.1) is 5.82 Å². The fourth-order valence-electron chi connectivity index (χ4n) is 4.34. The van der Waals surface area contributed by atoms with Gasteiger partial charge in [0.25, 0.3) is 0 Å². The summed E-state index contributed by atoms with van der Waals surface area (Å²) in [4.78, 5) is 14.9. The molecule has 0 spiro atoms. The standard InChI is InChI=1S/C27H25FN8O/c1-35(2)8-9-37-19-11-16(10-18(28)12-19)25-20-13-24(31-22(20)6-7-29-25)27-26-23(33-34-27)5-4-21(32-26)17-14-30-36(3)15-17/h4-7,10-15,31H,8-9H2,1-3H3,(H,33,34). The smallest absolute Gasteiger partial charge is 0.135 e. The van der Waals surface area contributed by atoms with Crippen LogP contribution in [-0.2, 0) is 7.05 Å². The topological polar surface area (TPSA) is 101 Å². The van der Waals surface area contributed by atoms with Crippen molar-refractivity contribution in [2.45, 2.75) is 0 Å². The van der Waals surface area contributed by atoms with E-state index in [1.165, 1.54) is 12.1 Å². The van der Waals surface area contributed by atoms with E-state index in [0.717, 1.165) is 45.4 Å². The third-order valence-electron chi connectivity index (χ3n) is 6.16. The van der Waals surface area contributed by atoms with Gasteiger partial charge < -0.3 is 14.6 Å². The number of pyridine rings is 2. The number of aromatic amines is 2. The lowest BCUT2D eigenvalue weighted by molar-refractivity contribution is 0.260. The van der Waals surface area contributed by atoms with Crippen molar-refractivity contribution in [3.05, 3.63) is 66.9 Å². The van der Waals surface area contributed by atoms with Gasteiger partial charge in [-0.15, -0.1) is 0 Å². The first-order valence-electron chi connectivity index (χ1n) is 11.9. The van der Waals surface area contributed by atoms with Crippen molar-refractivity contribution in [3.63, 3.8) is 0 Å². The molecular formula is C27H25FN8O. The molecule has 0 amide bonds. The van der Waals surface area contributed by atoms with Crippen molar-refractivity contribution in [2.24, 2.45) is 7.05 Å². The van der Waals surface area contributed by atoms with Crippen LogP contribution in [0.25, 0.3) is 55.8 Å². The number of halogens is 1. The van der Waals surface area contributed by atoms with Gasteiger partial charge in [-0.1, -0.05) is 0 Å². The third-order valence-corrected chi connectivity index (χ3v) is 6.16. The second kappa shape index (κ2) is 9.14. The number of likely N-dealkylation sites (N-methyl/N-ethyl adjacent to an activating group) is 1. The van der Waals surface area contributed by atoms with Crippen molar-refractivity contribution in [1.29, 1.82) is 0 Å². The van der Waals surface area contributed by atoms with Crippen LogP contribution >= 0.6 is 0 Å². The summed E-state index contributed by atoms with van der Waals surface area (Å²) in [5, 5.41) is 12.7. The number of hydrogen-bond donors (Lipinski definition) is 2. The minimum absolute atomic E-state index is 0.377. The summed E-state index contributed by atoms with van der Waals surface area (Å²) < 4.78 is 22.1. The second-order valence-corrected chi connectivity index (χ2v) is 9.20. The van der Waals surface area contributed by atoms with Crippen molar-refractivity contribution in [2.75, 3.05) is 27.2 Å². The van der Waals surface area contributed by atoms with E-state index < -0.39 is 0 Å². The molecule has 10 heteroatoms. The van der Waals surface area contributed by atoms with Gasteiger partial charge >= 0.3 is 0 Å². The fourth-order valence-corrected chi connectivity index (χ4v) is 4.34. The summed E-state index contributed by atoms with van der Waals surface area (Å²) in [5.41, 5.74) is 6.92. The number of fused-ring (bicyclic) bond motifs is 2. The van der Waals surface area contributed by atoms with E-state index in [9.17, 15) is 4.39 Å². The van der Waals surface area contributed by atoms with Gasteiger partial charge in [-0.2, -0.15) is 10.2 Å². The van der Waals surface area contributed by atoms with Crippen LogP contribution in [0.15, 0.2) is 61.1 Å². The molecule has 0 atom stereocenters. The monoisotopic (exact) mass is 496 g/mol. The maximum Gasteiger partial charge on any atom is 0.135 e.